The topological polar surface area (TPSA) is 119 Å². The lowest BCUT2D eigenvalue weighted by molar-refractivity contribution is 0.0607. The minimum absolute atomic E-state index is 0.288. The summed E-state index contributed by atoms with van der Waals surface area (Å²) in [6.07, 6.45) is 6.47. The van der Waals surface area contributed by atoms with E-state index in [2.05, 4.69) is 12.2 Å². The average molecular weight is 459 g/mol. The van der Waals surface area contributed by atoms with Crippen molar-refractivity contribution >= 4 is 45.6 Å². The number of unbranched alkanes of at least 4 members (excludes halogenated alkanes) is 5. The third-order valence-electron chi connectivity index (χ3n) is 6.22. The third-order valence-corrected chi connectivity index (χ3v) is 6.22. The van der Waals surface area contributed by atoms with Gasteiger partial charge in [0.05, 0.1) is 0 Å². The van der Waals surface area contributed by atoms with Gasteiger partial charge in [-0.1, -0.05) is 51.2 Å². The standard InChI is InChI=1S/C27H30N4O3/c1-2-3-4-5-6-7-13-31-26(33)21-10-8-9-20-23(12-11-22(24(20)21)27(31)34)30-25(32)17-14-18(28)16-19(29)15-17/h8-12,14-16H,2-7,13,28-29H2,1H3,(H,30,32). The lowest BCUT2D eigenvalue weighted by Gasteiger charge is -2.28. The monoisotopic (exact) mass is 458 g/mol. The number of nitrogen functional groups attached to an aromatic ring is 2. The van der Waals surface area contributed by atoms with Crippen LogP contribution in [0, 0.1) is 0 Å². The van der Waals surface area contributed by atoms with Crippen molar-refractivity contribution in [2.24, 2.45) is 0 Å². The molecular formula is C27H30N4O3. The molecule has 0 aromatic heterocycles. The summed E-state index contributed by atoms with van der Waals surface area (Å²) >= 11 is 0. The van der Waals surface area contributed by atoms with E-state index in [-0.39, 0.29) is 17.7 Å². The van der Waals surface area contributed by atoms with Gasteiger partial charge in [0.15, 0.2) is 0 Å². The molecule has 34 heavy (non-hydrogen) atoms. The van der Waals surface area contributed by atoms with E-state index >= 15 is 0 Å². The van der Waals surface area contributed by atoms with Gasteiger partial charge in [0.1, 0.15) is 0 Å². The Bertz CT molecular complexity index is 1230. The number of carbonyl (C=O) groups excluding carboxylic acids is 3. The van der Waals surface area contributed by atoms with Crippen LogP contribution in [0.5, 0.6) is 0 Å². The number of nitrogens with one attached hydrogen (secondary N) is 1. The summed E-state index contributed by atoms with van der Waals surface area (Å²) in [5.74, 6) is -0.953. The van der Waals surface area contributed by atoms with Crippen molar-refractivity contribution in [3.63, 3.8) is 0 Å². The highest BCUT2D eigenvalue weighted by molar-refractivity contribution is 6.27. The summed E-state index contributed by atoms with van der Waals surface area (Å²) in [7, 11) is 0. The van der Waals surface area contributed by atoms with E-state index in [0.29, 0.717) is 51.1 Å². The van der Waals surface area contributed by atoms with Crippen LogP contribution < -0.4 is 16.8 Å². The Labute approximate surface area is 199 Å². The van der Waals surface area contributed by atoms with Crippen LogP contribution in [0.2, 0.25) is 0 Å². The second-order valence-electron chi connectivity index (χ2n) is 8.76. The quantitative estimate of drug-likeness (QED) is 0.231. The van der Waals surface area contributed by atoms with Gasteiger partial charge >= 0.3 is 0 Å². The maximum Gasteiger partial charge on any atom is 0.261 e. The SMILES string of the molecule is CCCCCCCCN1C(=O)c2cccc3c(NC(=O)c4cc(N)cc(N)c4)ccc(c23)C1=O. The molecule has 0 saturated carbocycles. The zero-order valence-electron chi connectivity index (χ0n) is 19.4. The van der Waals surface area contributed by atoms with Crippen molar-refractivity contribution in [1.82, 2.24) is 4.90 Å². The van der Waals surface area contributed by atoms with Crippen molar-refractivity contribution in [3.8, 4) is 0 Å². The molecular weight excluding hydrogens is 428 g/mol. The molecule has 0 bridgehead atoms. The molecule has 0 radical (unpaired) electrons. The number of benzene rings is 3. The fourth-order valence-electron chi connectivity index (χ4n) is 4.51. The van der Waals surface area contributed by atoms with Crippen LogP contribution in [0.4, 0.5) is 17.1 Å². The van der Waals surface area contributed by atoms with Gasteiger partial charge in [-0.3, -0.25) is 19.3 Å². The smallest absolute Gasteiger partial charge is 0.261 e. The first-order chi connectivity index (χ1) is 16.4. The van der Waals surface area contributed by atoms with E-state index in [0.717, 1.165) is 19.3 Å². The predicted octanol–water partition coefficient (Wildman–Crippen LogP) is 5.21. The highest BCUT2D eigenvalue weighted by atomic mass is 16.2. The summed E-state index contributed by atoms with van der Waals surface area (Å²) < 4.78 is 0. The molecule has 5 N–H and O–H groups in total. The number of rotatable bonds is 9. The van der Waals surface area contributed by atoms with Gasteiger partial charge in [-0.25, -0.2) is 0 Å². The van der Waals surface area contributed by atoms with Crippen molar-refractivity contribution in [1.29, 1.82) is 0 Å². The van der Waals surface area contributed by atoms with Gasteiger partial charge in [-0.2, -0.15) is 0 Å². The Morgan fingerprint density at radius 2 is 1.50 bits per heavy atom. The van der Waals surface area contributed by atoms with Gasteiger partial charge in [-0.15, -0.1) is 0 Å². The summed E-state index contributed by atoms with van der Waals surface area (Å²) in [6, 6.07) is 13.4. The maximum atomic E-state index is 13.2. The van der Waals surface area contributed by atoms with Gasteiger partial charge < -0.3 is 16.8 Å². The van der Waals surface area contributed by atoms with Gasteiger partial charge in [0.2, 0.25) is 0 Å². The highest BCUT2D eigenvalue weighted by Crippen LogP contribution is 2.35. The predicted molar refractivity (Wildman–Crippen MR) is 136 cm³/mol. The molecule has 0 atom stereocenters. The number of nitrogens with two attached hydrogens (primary N) is 2. The Kier molecular flexibility index (Phi) is 6.82. The Balaban J connectivity index is 1.59. The minimum atomic E-state index is -0.377. The molecule has 3 aromatic rings. The molecule has 1 aliphatic heterocycles. The van der Waals surface area contributed by atoms with E-state index in [4.69, 9.17) is 11.5 Å². The first-order valence-electron chi connectivity index (χ1n) is 11.8. The van der Waals surface area contributed by atoms with Crippen LogP contribution in [0.25, 0.3) is 10.8 Å². The Morgan fingerprint density at radius 1 is 0.853 bits per heavy atom. The van der Waals surface area contributed by atoms with Crippen molar-refractivity contribution in [2.45, 2.75) is 45.4 Å². The number of anilines is 3. The van der Waals surface area contributed by atoms with E-state index in [1.165, 1.54) is 24.2 Å². The molecule has 7 heteroatoms. The number of carbonyl (C=O) groups is 3. The van der Waals surface area contributed by atoms with Crippen LogP contribution in [0.15, 0.2) is 48.5 Å². The summed E-state index contributed by atoms with van der Waals surface area (Å²) in [5.41, 5.74) is 14.2. The molecule has 0 saturated heterocycles. The van der Waals surface area contributed by atoms with E-state index in [1.54, 1.807) is 48.5 Å². The number of amides is 3. The zero-order chi connectivity index (χ0) is 24.2. The van der Waals surface area contributed by atoms with Gasteiger partial charge in [0.25, 0.3) is 17.7 Å². The lowest BCUT2D eigenvalue weighted by Crippen LogP contribution is -2.40. The molecule has 7 nitrogen and oxygen atoms in total. The summed E-state index contributed by atoms with van der Waals surface area (Å²) in [5, 5.41) is 4.08. The van der Waals surface area contributed by atoms with Crippen LogP contribution in [0.3, 0.4) is 0 Å². The molecule has 4 rings (SSSR count). The molecule has 1 aliphatic rings. The summed E-state index contributed by atoms with van der Waals surface area (Å²) in [4.78, 5) is 40.6. The van der Waals surface area contributed by atoms with Crippen molar-refractivity contribution in [2.75, 3.05) is 23.3 Å². The van der Waals surface area contributed by atoms with E-state index in [9.17, 15) is 14.4 Å². The van der Waals surface area contributed by atoms with Crippen LogP contribution in [0.1, 0.15) is 76.5 Å². The number of imide groups is 1. The second kappa shape index (κ2) is 9.95. The van der Waals surface area contributed by atoms with E-state index < -0.39 is 0 Å². The fraction of sp³-hybridized carbons (Fsp3) is 0.296. The van der Waals surface area contributed by atoms with Gasteiger partial charge in [-0.05, 0) is 42.8 Å². The van der Waals surface area contributed by atoms with Crippen molar-refractivity contribution in [3.05, 3.63) is 65.2 Å². The Hall–Kier alpha value is -3.87. The molecule has 3 aromatic carbocycles. The second-order valence-corrected chi connectivity index (χ2v) is 8.76. The molecule has 0 fully saturated rings. The normalized spacial score (nSPS) is 12.9. The molecule has 0 spiro atoms. The zero-order valence-corrected chi connectivity index (χ0v) is 19.4. The fourth-order valence-corrected chi connectivity index (χ4v) is 4.51. The first kappa shape index (κ1) is 23.3. The number of nitrogens with zero attached hydrogens (tertiary/aromatic N) is 1. The molecule has 176 valence electrons. The number of hydrogen-bond donors (Lipinski definition) is 3. The Morgan fingerprint density at radius 3 is 2.21 bits per heavy atom. The molecule has 0 unspecified atom stereocenters. The highest BCUT2D eigenvalue weighted by Gasteiger charge is 2.33. The minimum Gasteiger partial charge on any atom is -0.399 e. The van der Waals surface area contributed by atoms with E-state index in [1.807, 2.05) is 0 Å². The van der Waals surface area contributed by atoms with Crippen molar-refractivity contribution < 1.29 is 14.4 Å². The maximum absolute atomic E-state index is 13.2. The average Bonchev–Trinajstić information content (AvgIpc) is 2.81. The number of hydrogen-bond acceptors (Lipinski definition) is 5. The largest absolute Gasteiger partial charge is 0.399 e. The third kappa shape index (κ3) is 4.59. The molecule has 3 amide bonds. The van der Waals surface area contributed by atoms with Crippen LogP contribution >= 0.6 is 0 Å². The molecule has 0 aliphatic carbocycles. The van der Waals surface area contributed by atoms with Crippen LogP contribution in [-0.2, 0) is 0 Å². The molecule has 1 heterocycles. The van der Waals surface area contributed by atoms with Crippen LogP contribution in [-0.4, -0.2) is 29.2 Å². The lowest BCUT2D eigenvalue weighted by atomic mass is 9.92. The summed E-state index contributed by atoms with van der Waals surface area (Å²) in [6.45, 7) is 2.59. The first-order valence-corrected chi connectivity index (χ1v) is 11.8. The van der Waals surface area contributed by atoms with Gasteiger partial charge in [0, 0.05) is 51.1 Å².